The van der Waals surface area contributed by atoms with E-state index in [-0.39, 0.29) is 30.7 Å². The summed E-state index contributed by atoms with van der Waals surface area (Å²) < 4.78 is 34.7. The SMILES string of the molecule is CC(C)(C)OC(=O)N[C@@H]1C[C@@H]2COS(=O)(=O)N3[C@@H]2[C@@H]13. The molecule has 0 bridgehead atoms. The minimum atomic E-state index is -3.58. The predicted molar refractivity (Wildman–Crippen MR) is 65.6 cm³/mol. The van der Waals surface area contributed by atoms with Crippen LogP contribution in [0.15, 0.2) is 0 Å². The first-order valence-corrected chi connectivity index (χ1v) is 7.73. The summed E-state index contributed by atoms with van der Waals surface area (Å²) in [6.07, 6.45) is 0.239. The van der Waals surface area contributed by atoms with Crippen molar-refractivity contribution in [2.75, 3.05) is 6.61 Å². The Balaban J connectivity index is 1.65. The highest BCUT2D eigenvalue weighted by Gasteiger charge is 2.69. The summed E-state index contributed by atoms with van der Waals surface area (Å²) in [4.78, 5) is 11.7. The van der Waals surface area contributed by atoms with Crippen molar-refractivity contribution in [3.63, 3.8) is 0 Å². The topological polar surface area (TPSA) is 84.7 Å². The molecular formula is C11H18N2O5S. The van der Waals surface area contributed by atoms with Crippen LogP contribution in [0, 0.1) is 5.92 Å². The third-order valence-corrected chi connectivity index (χ3v) is 5.13. The second kappa shape index (κ2) is 3.83. The van der Waals surface area contributed by atoms with Crippen molar-refractivity contribution < 1.29 is 22.1 Å². The van der Waals surface area contributed by atoms with E-state index in [0.29, 0.717) is 0 Å². The molecule has 0 aromatic heterocycles. The van der Waals surface area contributed by atoms with Crippen molar-refractivity contribution in [3.05, 3.63) is 0 Å². The first-order valence-electron chi connectivity index (χ1n) is 6.36. The van der Waals surface area contributed by atoms with E-state index < -0.39 is 22.0 Å². The lowest BCUT2D eigenvalue weighted by atomic mass is 10.1. The summed E-state index contributed by atoms with van der Waals surface area (Å²) in [7, 11) is -3.58. The number of carbonyl (C=O) groups is 1. The Labute approximate surface area is 112 Å². The Morgan fingerprint density at radius 1 is 1.37 bits per heavy atom. The fourth-order valence-corrected chi connectivity index (χ4v) is 4.63. The molecule has 8 heteroatoms. The Hall–Kier alpha value is -0.860. The third kappa shape index (κ3) is 2.21. The fraction of sp³-hybridized carbons (Fsp3) is 0.909. The van der Waals surface area contributed by atoms with Crippen LogP contribution < -0.4 is 5.32 Å². The molecule has 19 heavy (non-hydrogen) atoms. The Kier molecular flexibility index (Phi) is 2.65. The van der Waals surface area contributed by atoms with Crippen LogP contribution >= 0.6 is 0 Å². The fourth-order valence-electron chi connectivity index (χ4n) is 3.06. The van der Waals surface area contributed by atoms with Crippen molar-refractivity contribution in [1.82, 2.24) is 9.62 Å². The molecule has 1 unspecified atom stereocenters. The molecule has 1 saturated carbocycles. The maximum Gasteiger partial charge on any atom is 0.407 e. The quantitative estimate of drug-likeness (QED) is 0.699. The van der Waals surface area contributed by atoms with Gasteiger partial charge in [-0.25, -0.2) is 4.79 Å². The molecule has 0 radical (unpaired) electrons. The van der Waals surface area contributed by atoms with Gasteiger partial charge in [0, 0.05) is 5.92 Å². The molecule has 0 aromatic rings. The van der Waals surface area contributed by atoms with Gasteiger partial charge in [-0.2, -0.15) is 12.7 Å². The highest BCUT2D eigenvalue weighted by Crippen LogP contribution is 2.51. The van der Waals surface area contributed by atoms with E-state index in [1.165, 1.54) is 4.31 Å². The minimum absolute atomic E-state index is 0.00122. The van der Waals surface area contributed by atoms with E-state index in [2.05, 4.69) is 5.32 Å². The Bertz CT molecular complexity index is 512. The number of fused-ring (bicyclic) bond motifs is 1. The van der Waals surface area contributed by atoms with Gasteiger partial charge in [0.1, 0.15) is 5.60 Å². The van der Waals surface area contributed by atoms with Crippen molar-refractivity contribution >= 4 is 16.4 Å². The molecule has 108 valence electrons. The lowest BCUT2D eigenvalue weighted by molar-refractivity contribution is 0.0492. The zero-order valence-corrected chi connectivity index (χ0v) is 11.9. The van der Waals surface area contributed by atoms with Crippen LogP contribution in [0.5, 0.6) is 0 Å². The van der Waals surface area contributed by atoms with Crippen LogP contribution in [0.4, 0.5) is 4.79 Å². The van der Waals surface area contributed by atoms with Crippen LogP contribution in [-0.2, 0) is 19.2 Å². The monoisotopic (exact) mass is 290 g/mol. The molecule has 0 aromatic carbocycles. The van der Waals surface area contributed by atoms with Gasteiger partial charge >= 0.3 is 16.4 Å². The number of nitrogens with one attached hydrogen (secondary N) is 1. The third-order valence-electron chi connectivity index (χ3n) is 3.69. The van der Waals surface area contributed by atoms with E-state index >= 15 is 0 Å². The largest absolute Gasteiger partial charge is 0.444 e. The maximum atomic E-state index is 11.7. The second-order valence-corrected chi connectivity index (χ2v) is 7.81. The summed E-state index contributed by atoms with van der Waals surface area (Å²) in [5.41, 5.74) is -0.559. The Morgan fingerprint density at radius 3 is 2.63 bits per heavy atom. The summed E-state index contributed by atoms with van der Waals surface area (Å²) in [5.74, 6) is 0.175. The number of alkyl carbamates (subject to hydrolysis) is 1. The van der Waals surface area contributed by atoms with E-state index in [0.717, 1.165) is 6.42 Å². The zero-order chi connectivity index (χ0) is 14.0. The van der Waals surface area contributed by atoms with Gasteiger partial charge in [0.05, 0.1) is 24.7 Å². The molecule has 7 nitrogen and oxygen atoms in total. The van der Waals surface area contributed by atoms with Gasteiger partial charge in [0.15, 0.2) is 0 Å². The number of hydrogen-bond donors (Lipinski definition) is 1. The van der Waals surface area contributed by atoms with Gasteiger partial charge in [-0.3, -0.25) is 4.18 Å². The van der Waals surface area contributed by atoms with E-state index in [4.69, 9.17) is 8.92 Å². The summed E-state index contributed by atoms with van der Waals surface area (Å²) in [5, 5.41) is 2.77. The Morgan fingerprint density at radius 2 is 2.05 bits per heavy atom. The van der Waals surface area contributed by atoms with E-state index in [1.807, 2.05) is 0 Å². The van der Waals surface area contributed by atoms with Crippen molar-refractivity contribution in [1.29, 1.82) is 0 Å². The average molecular weight is 290 g/mol. The van der Waals surface area contributed by atoms with Crippen LogP contribution in [0.2, 0.25) is 0 Å². The number of nitrogens with zero attached hydrogens (tertiary/aromatic N) is 1. The molecule has 2 saturated heterocycles. The van der Waals surface area contributed by atoms with Gasteiger partial charge in [0.2, 0.25) is 0 Å². The summed E-state index contributed by atoms with van der Waals surface area (Å²) in [6, 6.07) is -0.341. The van der Waals surface area contributed by atoms with E-state index in [1.54, 1.807) is 20.8 Å². The highest BCUT2D eigenvalue weighted by atomic mass is 32.2. The number of piperidine rings is 1. The average Bonchev–Trinajstić information content (AvgIpc) is 2.87. The molecule has 3 rings (SSSR count). The van der Waals surface area contributed by atoms with E-state index in [9.17, 15) is 13.2 Å². The van der Waals surface area contributed by atoms with Crippen molar-refractivity contribution in [3.8, 4) is 0 Å². The van der Waals surface area contributed by atoms with Crippen LogP contribution in [0.25, 0.3) is 0 Å². The first kappa shape index (κ1) is 13.1. The molecule has 3 aliphatic rings. The molecule has 1 aliphatic carbocycles. The molecule has 1 amide bonds. The van der Waals surface area contributed by atoms with Crippen LogP contribution in [-0.4, -0.2) is 49.1 Å². The van der Waals surface area contributed by atoms with Crippen molar-refractivity contribution in [2.45, 2.75) is 50.9 Å². The summed E-state index contributed by atoms with van der Waals surface area (Å²) >= 11 is 0. The number of amides is 1. The van der Waals surface area contributed by atoms with Gasteiger partial charge in [-0.1, -0.05) is 0 Å². The van der Waals surface area contributed by atoms with Gasteiger partial charge in [-0.15, -0.1) is 0 Å². The van der Waals surface area contributed by atoms with Crippen LogP contribution in [0.1, 0.15) is 27.2 Å². The van der Waals surface area contributed by atoms with Gasteiger partial charge < -0.3 is 10.1 Å². The van der Waals surface area contributed by atoms with Gasteiger partial charge in [-0.05, 0) is 27.2 Å². The van der Waals surface area contributed by atoms with Gasteiger partial charge in [0.25, 0.3) is 0 Å². The lowest BCUT2D eigenvalue weighted by Gasteiger charge is -2.26. The number of carbonyl (C=O) groups excluding carboxylic acids is 1. The summed E-state index contributed by atoms with van der Waals surface area (Å²) in [6.45, 7) is 5.58. The predicted octanol–water partition coefficient (Wildman–Crippen LogP) is 0.227. The molecule has 3 fully saturated rings. The normalized spacial score (nSPS) is 42.4. The smallest absolute Gasteiger partial charge is 0.407 e. The molecular weight excluding hydrogens is 272 g/mol. The number of ether oxygens (including phenoxy) is 1. The molecule has 1 N–H and O–H groups in total. The standard InChI is InChI=1S/C11H18N2O5S/c1-11(2,3)18-10(14)12-7-4-6-5-17-19(15,16)13-8(6)9(7)13/h6-9H,4-5H2,1-3H3,(H,12,14)/t6-,7-,8+,9-,13?/m1/s1. The molecule has 5 atom stereocenters. The number of rotatable bonds is 1. The molecule has 0 spiro atoms. The van der Waals surface area contributed by atoms with Crippen molar-refractivity contribution in [2.24, 2.45) is 5.92 Å². The first-order chi connectivity index (χ1) is 8.69. The minimum Gasteiger partial charge on any atom is -0.444 e. The number of hydrogen-bond acceptors (Lipinski definition) is 5. The highest BCUT2D eigenvalue weighted by molar-refractivity contribution is 7.84. The maximum absolute atomic E-state index is 11.7. The van der Waals surface area contributed by atoms with Crippen LogP contribution in [0.3, 0.4) is 0 Å². The lowest BCUT2D eigenvalue weighted by Crippen LogP contribution is -2.44. The second-order valence-electron chi connectivity index (χ2n) is 6.30. The molecule has 2 aliphatic heterocycles. The molecule has 2 heterocycles. The zero-order valence-electron chi connectivity index (χ0n) is 11.1.